The number of likely N-dealkylation sites (tertiary alicyclic amines) is 2. The smallest absolute Gasteiger partial charge is 0.140 e. The lowest BCUT2D eigenvalue weighted by Crippen LogP contribution is -2.45. The van der Waals surface area contributed by atoms with Crippen LogP contribution in [0.15, 0.2) is 0 Å². The van der Waals surface area contributed by atoms with Crippen LogP contribution >= 0.6 is 0 Å². The second-order valence-corrected chi connectivity index (χ2v) is 7.60. The zero-order valence-electron chi connectivity index (χ0n) is 15.7. The van der Waals surface area contributed by atoms with Gasteiger partial charge < -0.3 is 9.47 Å². The first kappa shape index (κ1) is 19.1. The zero-order valence-corrected chi connectivity index (χ0v) is 15.7. The van der Waals surface area contributed by atoms with E-state index in [0.717, 1.165) is 26.2 Å². The van der Waals surface area contributed by atoms with Crippen molar-refractivity contribution >= 4 is 0 Å². The van der Waals surface area contributed by atoms with Gasteiger partial charge in [0.2, 0.25) is 0 Å². The molecule has 0 radical (unpaired) electrons. The van der Waals surface area contributed by atoms with E-state index in [2.05, 4.69) is 44.4 Å². The highest BCUT2D eigenvalue weighted by Gasteiger charge is 2.48. The third-order valence-electron chi connectivity index (χ3n) is 5.25. The van der Waals surface area contributed by atoms with Crippen LogP contribution in [0.1, 0.15) is 34.6 Å². The molecular formula is C17H34N2O4. The van der Waals surface area contributed by atoms with E-state index in [-0.39, 0.29) is 18.3 Å². The van der Waals surface area contributed by atoms with Crippen LogP contribution in [-0.4, -0.2) is 86.2 Å². The molecule has 136 valence electrons. The molecule has 0 N–H and O–H groups in total. The van der Waals surface area contributed by atoms with Crippen LogP contribution in [-0.2, 0) is 19.2 Å². The van der Waals surface area contributed by atoms with Crippen molar-refractivity contribution in [3.05, 3.63) is 0 Å². The molecule has 0 aromatic carbocycles. The van der Waals surface area contributed by atoms with Crippen LogP contribution in [0.2, 0.25) is 0 Å². The maximum atomic E-state index is 5.95. The number of rotatable bonds is 7. The van der Waals surface area contributed by atoms with Gasteiger partial charge in [0.15, 0.2) is 0 Å². The molecule has 2 fully saturated rings. The molecule has 0 aromatic heterocycles. The molecular weight excluding hydrogens is 296 g/mol. The predicted molar refractivity (Wildman–Crippen MR) is 89.4 cm³/mol. The molecule has 2 aliphatic heterocycles. The first-order valence-electron chi connectivity index (χ1n) is 8.69. The summed E-state index contributed by atoms with van der Waals surface area (Å²) in [5.74, 6) is 0. The molecule has 2 rings (SSSR count). The minimum atomic E-state index is -0.456. The summed E-state index contributed by atoms with van der Waals surface area (Å²) in [6.07, 6.45) is -0.0112. The Balaban J connectivity index is 1.95. The Morgan fingerprint density at radius 2 is 1.48 bits per heavy atom. The largest absolute Gasteiger partial charge is 0.377 e. The average Bonchev–Trinajstić information content (AvgIpc) is 3.06. The Labute approximate surface area is 140 Å². The fourth-order valence-corrected chi connectivity index (χ4v) is 3.46. The summed E-state index contributed by atoms with van der Waals surface area (Å²) < 4.78 is 11.2. The van der Waals surface area contributed by atoms with Crippen LogP contribution < -0.4 is 0 Å². The maximum absolute atomic E-state index is 5.95. The van der Waals surface area contributed by atoms with Crippen molar-refractivity contribution in [2.75, 3.05) is 40.4 Å². The molecule has 2 aliphatic rings. The Morgan fingerprint density at radius 1 is 0.870 bits per heavy atom. The van der Waals surface area contributed by atoms with E-state index in [1.54, 1.807) is 14.2 Å². The highest BCUT2D eigenvalue weighted by molar-refractivity contribution is 4.97. The minimum absolute atomic E-state index is 0.00787. The molecule has 2 heterocycles. The predicted octanol–water partition coefficient (Wildman–Crippen LogP) is 1.54. The third-order valence-corrected chi connectivity index (χ3v) is 5.25. The highest BCUT2D eigenvalue weighted by atomic mass is 17.2. The first-order valence-corrected chi connectivity index (χ1v) is 8.69. The topological polar surface area (TPSA) is 43.4 Å². The highest BCUT2D eigenvalue weighted by Crippen LogP contribution is 2.31. The Hall–Kier alpha value is -0.240. The van der Waals surface area contributed by atoms with Gasteiger partial charge in [0, 0.05) is 52.5 Å². The Kier molecular flexibility index (Phi) is 6.44. The first-order chi connectivity index (χ1) is 10.8. The quantitative estimate of drug-likeness (QED) is 0.521. The summed E-state index contributed by atoms with van der Waals surface area (Å²) in [5.41, 5.74) is -0.456. The van der Waals surface area contributed by atoms with Crippen molar-refractivity contribution in [2.45, 2.75) is 70.6 Å². The van der Waals surface area contributed by atoms with Gasteiger partial charge in [0.05, 0.1) is 0 Å². The van der Waals surface area contributed by atoms with Crippen LogP contribution in [0.5, 0.6) is 0 Å². The number of hydrogen-bond acceptors (Lipinski definition) is 6. The summed E-state index contributed by atoms with van der Waals surface area (Å²) >= 11 is 0. The standard InChI is InChI=1S/C17H34N2O4/c1-12(2)18-8-14(20-6)15(9-18)22-23-17(5)11-19(13(3)4)10-16(17)21-7/h12-16H,8-11H2,1-7H3/t14-,15+,16+,17-/m1/s1. The van der Waals surface area contributed by atoms with Gasteiger partial charge in [0.25, 0.3) is 0 Å². The number of nitrogens with zero attached hydrogens (tertiary/aromatic N) is 2. The Bertz CT molecular complexity index is 380. The van der Waals surface area contributed by atoms with Crippen LogP contribution in [0.4, 0.5) is 0 Å². The molecule has 0 bridgehead atoms. The Morgan fingerprint density at radius 3 is 2.00 bits per heavy atom. The summed E-state index contributed by atoms with van der Waals surface area (Å²) in [7, 11) is 3.48. The number of hydrogen-bond donors (Lipinski definition) is 0. The normalized spacial score (nSPS) is 36.7. The molecule has 0 unspecified atom stereocenters. The molecule has 0 aliphatic carbocycles. The van der Waals surface area contributed by atoms with Crippen molar-refractivity contribution in [3.8, 4) is 0 Å². The minimum Gasteiger partial charge on any atom is -0.377 e. The van der Waals surface area contributed by atoms with Crippen LogP contribution in [0.25, 0.3) is 0 Å². The monoisotopic (exact) mass is 330 g/mol. The van der Waals surface area contributed by atoms with Gasteiger partial charge in [-0.2, -0.15) is 0 Å². The third kappa shape index (κ3) is 4.24. The van der Waals surface area contributed by atoms with E-state index in [9.17, 15) is 0 Å². The summed E-state index contributed by atoms with van der Waals surface area (Å²) in [6, 6.07) is 0.944. The van der Waals surface area contributed by atoms with Gasteiger partial charge in [-0.15, -0.1) is 0 Å². The van der Waals surface area contributed by atoms with Gasteiger partial charge in [-0.3, -0.25) is 9.80 Å². The lowest BCUT2D eigenvalue weighted by atomic mass is 10.0. The van der Waals surface area contributed by atoms with E-state index in [4.69, 9.17) is 19.2 Å². The molecule has 6 nitrogen and oxygen atoms in total. The van der Waals surface area contributed by atoms with Crippen molar-refractivity contribution < 1.29 is 19.2 Å². The van der Waals surface area contributed by atoms with E-state index in [1.807, 2.05) is 0 Å². The van der Waals surface area contributed by atoms with Crippen molar-refractivity contribution in [2.24, 2.45) is 0 Å². The van der Waals surface area contributed by atoms with Gasteiger partial charge in [0.1, 0.15) is 23.9 Å². The van der Waals surface area contributed by atoms with Crippen molar-refractivity contribution in [3.63, 3.8) is 0 Å². The number of methoxy groups -OCH3 is 2. The fraction of sp³-hybridized carbons (Fsp3) is 1.00. The summed E-state index contributed by atoms with van der Waals surface area (Å²) in [6.45, 7) is 14.2. The van der Waals surface area contributed by atoms with E-state index >= 15 is 0 Å². The van der Waals surface area contributed by atoms with Crippen LogP contribution in [0, 0.1) is 0 Å². The molecule has 23 heavy (non-hydrogen) atoms. The SMILES string of the molecule is CO[C@H]1CN(C(C)C)C[C@@]1(C)OO[C@H]1CN(C(C)C)C[C@H]1OC. The summed E-state index contributed by atoms with van der Waals surface area (Å²) in [4.78, 5) is 16.5. The van der Waals surface area contributed by atoms with E-state index in [1.165, 1.54) is 0 Å². The lowest BCUT2D eigenvalue weighted by Gasteiger charge is -2.30. The zero-order chi connectivity index (χ0) is 17.2. The van der Waals surface area contributed by atoms with Crippen LogP contribution in [0.3, 0.4) is 0 Å². The maximum Gasteiger partial charge on any atom is 0.140 e. The van der Waals surface area contributed by atoms with E-state index in [0.29, 0.717) is 12.1 Å². The molecule has 0 saturated carbocycles. The van der Waals surface area contributed by atoms with Gasteiger partial charge in [-0.25, -0.2) is 9.78 Å². The lowest BCUT2D eigenvalue weighted by molar-refractivity contribution is -0.394. The average molecular weight is 330 g/mol. The van der Waals surface area contributed by atoms with Crippen molar-refractivity contribution in [1.29, 1.82) is 0 Å². The second-order valence-electron chi connectivity index (χ2n) is 7.60. The fourth-order valence-electron chi connectivity index (χ4n) is 3.46. The number of ether oxygens (including phenoxy) is 2. The van der Waals surface area contributed by atoms with Gasteiger partial charge >= 0.3 is 0 Å². The molecule has 2 saturated heterocycles. The van der Waals surface area contributed by atoms with E-state index < -0.39 is 5.60 Å². The molecule has 0 aromatic rings. The molecule has 4 atom stereocenters. The van der Waals surface area contributed by atoms with Crippen molar-refractivity contribution in [1.82, 2.24) is 9.80 Å². The summed E-state index contributed by atoms with van der Waals surface area (Å²) in [5, 5.41) is 0. The molecule has 6 heteroatoms. The van der Waals surface area contributed by atoms with Gasteiger partial charge in [-0.05, 0) is 34.6 Å². The molecule has 0 amide bonds. The van der Waals surface area contributed by atoms with Gasteiger partial charge in [-0.1, -0.05) is 0 Å². The molecule has 0 spiro atoms. The second kappa shape index (κ2) is 7.76.